The first-order valence-electron chi connectivity index (χ1n) is 8.75. The number of aryl methyl sites for hydroxylation is 1. The fourth-order valence-corrected chi connectivity index (χ4v) is 5.39. The third kappa shape index (κ3) is 2.29. The van der Waals surface area contributed by atoms with Crippen molar-refractivity contribution >= 4 is 28.6 Å². The van der Waals surface area contributed by atoms with E-state index in [4.69, 9.17) is 16.6 Å². The van der Waals surface area contributed by atoms with Crippen LogP contribution in [-0.2, 0) is 13.0 Å². The van der Waals surface area contributed by atoms with Crippen LogP contribution in [-0.4, -0.2) is 27.0 Å². The number of aromatic nitrogens is 3. The second kappa shape index (κ2) is 6.01. The van der Waals surface area contributed by atoms with Gasteiger partial charge < -0.3 is 5.32 Å². The van der Waals surface area contributed by atoms with Crippen molar-refractivity contribution in [2.24, 2.45) is 4.99 Å². The Bertz CT molecular complexity index is 1050. The molecule has 1 unspecified atom stereocenters. The highest BCUT2D eigenvalue weighted by atomic mass is 35.5. The molecule has 5 nitrogen and oxygen atoms in total. The number of benzene rings is 1. The van der Waals surface area contributed by atoms with Crippen LogP contribution in [0.15, 0.2) is 29.3 Å². The topological polar surface area (TPSA) is 55.1 Å². The molecular formula is C19H18ClN5S. The molecule has 0 aliphatic carbocycles. The molecule has 0 spiro atoms. The Labute approximate surface area is 160 Å². The number of hydrogen-bond acceptors (Lipinski definition) is 5. The number of thiophene rings is 1. The number of fused-ring (bicyclic) bond motifs is 5. The van der Waals surface area contributed by atoms with Crippen molar-refractivity contribution in [3.8, 4) is 5.00 Å². The minimum absolute atomic E-state index is 0.0839. The van der Waals surface area contributed by atoms with Crippen LogP contribution in [0.5, 0.6) is 0 Å². The third-order valence-corrected chi connectivity index (χ3v) is 6.57. The Morgan fingerprint density at radius 1 is 1.27 bits per heavy atom. The number of nitrogens with zero attached hydrogens (tertiary/aromatic N) is 4. The Morgan fingerprint density at radius 3 is 2.96 bits per heavy atom. The summed E-state index contributed by atoms with van der Waals surface area (Å²) in [6, 6.07) is 7.88. The zero-order valence-corrected chi connectivity index (χ0v) is 16.2. The molecule has 5 rings (SSSR count). The van der Waals surface area contributed by atoms with Crippen molar-refractivity contribution < 1.29 is 0 Å². The van der Waals surface area contributed by atoms with Crippen LogP contribution in [0.4, 0.5) is 0 Å². The second-order valence-electron chi connectivity index (χ2n) is 6.69. The maximum absolute atomic E-state index is 6.57. The zero-order chi connectivity index (χ0) is 17.8. The average molecular weight is 384 g/mol. The van der Waals surface area contributed by atoms with E-state index in [1.54, 1.807) is 0 Å². The smallest absolute Gasteiger partial charge is 0.162 e. The second-order valence-corrected chi connectivity index (χ2v) is 8.18. The maximum Gasteiger partial charge on any atom is 0.162 e. The minimum atomic E-state index is -0.0839. The van der Waals surface area contributed by atoms with Crippen LogP contribution in [0.3, 0.4) is 0 Å². The molecule has 1 atom stereocenters. The number of rotatable bonds is 1. The maximum atomic E-state index is 6.57. The van der Waals surface area contributed by atoms with Gasteiger partial charge in [-0.25, -0.2) is 0 Å². The lowest BCUT2D eigenvalue weighted by Gasteiger charge is -2.16. The van der Waals surface area contributed by atoms with Crippen molar-refractivity contribution in [2.45, 2.75) is 32.9 Å². The normalized spacial score (nSPS) is 18.6. The van der Waals surface area contributed by atoms with Gasteiger partial charge in [0.2, 0.25) is 0 Å². The van der Waals surface area contributed by atoms with E-state index < -0.39 is 0 Å². The quantitative estimate of drug-likeness (QED) is 0.694. The molecule has 0 fully saturated rings. The molecule has 7 heteroatoms. The molecule has 26 heavy (non-hydrogen) atoms. The molecule has 2 aliphatic heterocycles. The molecule has 0 saturated carbocycles. The van der Waals surface area contributed by atoms with Crippen molar-refractivity contribution in [3.05, 3.63) is 62.5 Å². The van der Waals surface area contributed by atoms with Gasteiger partial charge in [0.1, 0.15) is 16.9 Å². The van der Waals surface area contributed by atoms with Crippen LogP contribution < -0.4 is 5.32 Å². The van der Waals surface area contributed by atoms with Crippen LogP contribution in [0.1, 0.15) is 46.2 Å². The fourth-order valence-electron chi connectivity index (χ4n) is 3.80. The first kappa shape index (κ1) is 16.2. The Kier molecular flexibility index (Phi) is 3.74. The molecule has 0 radical (unpaired) electrons. The number of nitrogens with one attached hydrogen (secondary N) is 1. The molecule has 1 N–H and O–H groups in total. The lowest BCUT2D eigenvalue weighted by molar-refractivity contribution is 0.654. The molecule has 2 aromatic heterocycles. The van der Waals surface area contributed by atoms with E-state index in [9.17, 15) is 0 Å². The highest BCUT2D eigenvalue weighted by Crippen LogP contribution is 2.41. The minimum Gasteiger partial charge on any atom is -0.312 e. The summed E-state index contributed by atoms with van der Waals surface area (Å²) < 4.78 is 2.18. The Balaban J connectivity index is 1.86. The largest absolute Gasteiger partial charge is 0.312 e. The van der Waals surface area contributed by atoms with Gasteiger partial charge in [0.15, 0.2) is 5.82 Å². The van der Waals surface area contributed by atoms with Crippen molar-refractivity contribution in [1.82, 2.24) is 20.1 Å². The summed E-state index contributed by atoms with van der Waals surface area (Å²) >= 11 is 8.38. The van der Waals surface area contributed by atoms with Gasteiger partial charge in [-0.15, -0.1) is 21.5 Å². The lowest BCUT2D eigenvalue weighted by Crippen LogP contribution is -2.23. The molecule has 3 aromatic rings. The van der Waals surface area contributed by atoms with Crippen LogP contribution in [0, 0.1) is 6.92 Å². The summed E-state index contributed by atoms with van der Waals surface area (Å²) in [4.78, 5) is 6.45. The average Bonchev–Trinajstić information content (AvgIpc) is 3.17. The van der Waals surface area contributed by atoms with E-state index in [1.807, 2.05) is 36.5 Å². The molecule has 1 aromatic carbocycles. The van der Waals surface area contributed by atoms with E-state index >= 15 is 0 Å². The van der Waals surface area contributed by atoms with Gasteiger partial charge in [0.25, 0.3) is 0 Å². The number of hydrogen-bond donors (Lipinski definition) is 1. The summed E-state index contributed by atoms with van der Waals surface area (Å²) in [6.07, 6.45) is 0.996. The number of halogens is 1. The lowest BCUT2D eigenvalue weighted by atomic mass is 9.96. The van der Waals surface area contributed by atoms with Gasteiger partial charge in [-0.1, -0.05) is 29.8 Å². The highest BCUT2D eigenvalue weighted by Gasteiger charge is 2.32. The Hall–Kier alpha value is -2.02. The van der Waals surface area contributed by atoms with Gasteiger partial charge in [-0.3, -0.25) is 9.56 Å². The summed E-state index contributed by atoms with van der Waals surface area (Å²) in [7, 11) is 0. The highest BCUT2D eigenvalue weighted by molar-refractivity contribution is 7.15. The molecular weight excluding hydrogens is 366 g/mol. The van der Waals surface area contributed by atoms with Crippen LogP contribution in [0.25, 0.3) is 5.00 Å². The fraction of sp³-hybridized carbons (Fsp3) is 0.316. The standard InChI is InChI=1S/C19H18ClN5S/c1-10-18-24-23-11(2)25(18)19-16(13-7-8-21-9-15(13)26-19)17(22-10)12-5-3-4-6-14(12)20/h3-6,10,21H,7-9H2,1-2H3. The summed E-state index contributed by atoms with van der Waals surface area (Å²) in [5.74, 6) is 1.78. The Morgan fingerprint density at radius 2 is 2.12 bits per heavy atom. The molecule has 2 aliphatic rings. The third-order valence-electron chi connectivity index (χ3n) is 5.02. The zero-order valence-electron chi connectivity index (χ0n) is 14.6. The molecule has 0 bridgehead atoms. The molecule has 0 saturated heterocycles. The van der Waals surface area contributed by atoms with Gasteiger partial charge in [0.05, 0.1) is 5.71 Å². The van der Waals surface area contributed by atoms with Crippen molar-refractivity contribution in [3.63, 3.8) is 0 Å². The van der Waals surface area contributed by atoms with Gasteiger partial charge in [0, 0.05) is 27.6 Å². The summed E-state index contributed by atoms with van der Waals surface area (Å²) in [5, 5.41) is 14.1. The SMILES string of the molecule is Cc1nnc2n1-c1sc3c(c1C(c1ccccc1Cl)=NC2C)CCNC3. The van der Waals surface area contributed by atoms with Gasteiger partial charge in [-0.05, 0) is 38.4 Å². The number of aliphatic imine (C=N–C) groups is 1. The summed E-state index contributed by atoms with van der Waals surface area (Å²) in [6.45, 7) is 5.95. The van der Waals surface area contributed by atoms with E-state index in [1.165, 1.54) is 21.0 Å². The van der Waals surface area contributed by atoms with Crippen LogP contribution in [0.2, 0.25) is 5.02 Å². The van der Waals surface area contributed by atoms with Gasteiger partial charge >= 0.3 is 0 Å². The van der Waals surface area contributed by atoms with E-state index in [-0.39, 0.29) is 6.04 Å². The van der Waals surface area contributed by atoms with Crippen molar-refractivity contribution in [1.29, 1.82) is 0 Å². The van der Waals surface area contributed by atoms with Crippen LogP contribution >= 0.6 is 22.9 Å². The first-order chi connectivity index (χ1) is 12.6. The first-order valence-corrected chi connectivity index (χ1v) is 9.95. The predicted octanol–water partition coefficient (Wildman–Crippen LogP) is 3.85. The monoisotopic (exact) mass is 383 g/mol. The molecule has 0 amide bonds. The van der Waals surface area contributed by atoms with Crippen molar-refractivity contribution in [2.75, 3.05) is 6.54 Å². The molecule has 132 valence electrons. The van der Waals surface area contributed by atoms with E-state index in [0.717, 1.165) is 47.5 Å². The van der Waals surface area contributed by atoms with E-state index in [2.05, 4.69) is 33.1 Å². The van der Waals surface area contributed by atoms with E-state index in [0.29, 0.717) is 0 Å². The molecule has 4 heterocycles. The van der Waals surface area contributed by atoms with Gasteiger partial charge in [-0.2, -0.15) is 0 Å². The summed E-state index contributed by atoms with van der Waals surface area (Å²) in [5.41, 5.74) is 4.55. The predicted molar refractivity (Wildman–Crippen MR) is 105 cm³/mol.